The lowest BCUT2D eigenvalue weighted by molar-refractivity contribution is -0.139. The maximum absolute atomic E-state index is 13.1. The van der Waals surface area contributed by atoms with Crippen LogP contribution in [0.2, 0.25) is 0 Å². The zero-order chi connectivity index (χ0) is 22.9. The fourth-order valence-electron chi connectivity index (χ4n) is 3.28. The summed E-state index contributed by atoms with van der Waals surface area (Å²) in [4.78, 5) is 32.7. The number of aryl methyl sites for hydroxylation is 1. The Labute approximate surface area is 191 Å². The molecule has 1 amide bonds. The van der Waals surface area contributed by atoms with Gasteiger partial charge in [-0.15, -0.1) is 0 Å². The van der Waals surface area contributed by atoms with Crippen LogP contribution in [0.1, 0.15) is 33.5 Å². The predicted molar refractivity (Wildman–Crippen MR) is 129 cm³/mol. The lowest BCUT2D eigenvalue weighted by Crippen LogP contribution is -2.41. The number of aliphatic carboxylic acids is 1. The molecule has 0 saturated heterocycles. The van der Waals surface area contributed by atoms with Gasteiger partial charge in [-0.2, -0.15) is 11.8 Å². The van der Waals surface area contributed by atoms with Crippen LogP contribution in [0.15, 0.2) is 61.2 Å². The number of benzene rings is 2. The number of aromatic nitrogens is 2. The number of carboxylic acid groups (broad SMARTS) is 1. The van der Waals surface area contributed by atoms with E-state index in [-0.39, 0.29) is 0 Å². The smallest absolute Gasteiger partial charge is 0.326 e. The first-order chi connectivity index (χ1) is 15.5. The molecule has 0 radical (unpaired) electrons. The molecule has 0 fully saturated rings. The second-order valence-electron chi connectivity index (χ2n) is 7.27. The van der Waals surface area contributed by atoms with E-state index in [4.69, 9.17) is 0 Å². The number of nitrogens with one attached hydrogen (secondary N) is 1. The minimum Gasteiger partial charge on any atom is -0.480 e. The third kappa shape index (κ3) is 6.04. The van der Waals surface area contributed by atoms with E-state index in [1.165, 1.54) is 6.33 Å². The van der Waals surface area contributed by atoms with Gasteiger partial charge in [-0.05, 0) is 59.7 Å². The van der Waals surface area contributed by atoms with Crippen molar-refractivity contribution in [2.45, 2.75) is 19.4 Å². The van der Waals surface area contributed by atoms with E-state index >= 15 is 0 Å². The van der Waals surface area contributed by atoms with Crippen molar-refractivity contribution in [3.8, 4) is 11.1 Å². The summed E-state index contributed by atoms with van der Waals surface area (Å²) >= 11 is 1.55. The second kappa shape index (κ2) is 11.2. The van der Waals surface area contributed by atoms with Gasteiger partial charge in [0.15, 0.2) is 0 Å². The van der Waals surface area contributed by atoms with Crippen molar-refractivity contribution in [2.24, 2.45) is 0 Å². The summed E-state index contributed by atoms with van der Waals surface area (Å²) in [6.45, 7) is 1.99. The van der Waals surface area contributed by atoms with Crippen LogP contribution < -0.4 is 5.32 Å². The Bertz CT molecular complexity index is 1120. The zero-order valence-corrected chi connectivity index (χ0v) is 18.8. The second-order valence-corrected chi connectivity index (χ2v) is 8.26. The Morgan fingerprint density at radius 3 is 2.47 bits per heavy atom. The van der Waals surface area contributed by atoms with Crippen LogP contribution >= 0.6 is 11.8 Å². The van der Waals surface area contributed by atoms with Gasteiger partial charge < -0.3 is 10.4 Å². The first-order valence-electron chi connectivity index (χ1n) is 10.2. The standard InChI is InChI=1S/C25H25N3O3S/c1-17-5-3-4-6-20(17)22-13-18(7-8-19-14-26-16-27-15-19)9-10-21(22)24(29)28-23(25(30)31)11-12-32-2/h3-10,13-16,23H,11-12H2,1-2H3,(H,28,29)(H,30,31)/t23-/m0/s1. The summed E-state index contributed by atoms with van der Waals surface area (Å²) in [5, 5.41) is 12.2. The van der Waals surface area contributed by atoms with E-state index in [0.29, 0.717) is 17.7 Å². The number of carboxylic acids is 1. The minimum absolute atomic E-state index is 0.363. The molecule has 0 bridgehead atoms. The molecule has 6 nitrogen and oxygen atoms in total. The first kappa shape index (κ1) is 23.2. The fraction of sp³-hybridized carbons (Fsp3) is 0.200. The Balaban J connectivity index is 1.98. The van der Waals surface area contributed by atoms with Crippen LogP contribution in [0.4, 0.5) is 0 Å². The van der Waals surface area contributed by atoms with Gasteiger partial charge in [-0.1, -0.05) is 42.5 Å². The normalized spacial score (nSPS) is 11.9. The number of hydrogen-bond donors (Lipinski definition) is 2. The molecule has 1 aromatic heterocycles. The van der Waals surface area contributed by atoms with Gasteiger partial charge in [0.1, 0.15) is 12.4 Å². The Morgan fingerprint density at radius 2 is 1.78 bits per heavy atom. The highest BCUT2D eigenvalue weighted by Gasteiger charge is 2.22. The predicted octanol–water partition coefficient (Wildman–Crippen LogP) is 4.56. The number of nitrogens with zero attached hydrogens (tertiary/aromatic N) is 2. The van der Waals surface area contributed by atoms with Gasteiger partial charge in [-0.3, -0.25) is 4.79 Å². The summed E-state index contributed by atoms with van der Waals surface area (Å²) in [5.74, 6) is -0.785. The summed E-state index contributed by atoms with van der Waals surface area (Å²) < 4.78 is 0. The molecule has 7 heteroatoms. The Morgan fingerprint density at radius 1 is 1.06 bits per heavy atom. The molecule has 1 heterocycles. The Kier molecular flexibility index (Phi) is 8.16. The number of thioether (sulfide) groups is 1. The molecular formula is C25H25N3O3S. The average Bonchev–Trinajstić information content (AvgIpc) is 2.81. The third-order valence-electron chi connectivity index (χ3n) is 4.99. The molecule has 0 aliphatic heterocycles. The minimum atomic E-state index is -1.03. The highest BCUT2D eigenvalue weighted by Crippen LogP contribution is 2.29. The lowest BCUT2D eigenvalue weighted by atomic mass is 9.93. The molecule has 32 heavy (non-hydrogen) atoms. The van der Waals surface area contributed by atoms with Crippen molar-refractivity contribution >= 4 is 35.8 Å². The maximum Gasteiger partial charge on any atom is 0.326 e. The van der Waals surface area contributed by atoms with Crippen molar-refractivity contribution in [3.63, 3.8) is 0 Å². The van der Waals surface area contributed by atoms with Crippen LogP contribution in [0, 0.1) is 6.92 Å². The molecule has 164 valence electrons. The van der Waals surface area contributed by atoms with Crippen molar-refractivity contribution in [2.75, 3.05) is 12.0 Å². The van der Waals surface area contributed by atoms with Crippen molar-refractivity contribution < 1.29 is 14.7 Å². The number of hydrogen-bond acceptors (Lipinski definition) is 5. The molecule has 0 spiro atoms. The maximum atomic E-state index is 13.1. The van der Waals surface area contributed by atoms with Crippen molar-refractivity contribution in [3.05, 3.63) is 83.4 Å². The first-order valence-corrected chi connectivity index (χ1v) is 11.5. The number of carbonyl (C=O) groups is 2. The van der Waals surface area contributed by atoms with Gasteiger partial charge in [0, 0.05) is 23.5 Å². The van der Waals surface area contributed by atoms with E-state index in [1.807, 2.05) is 61.7 Å². The van der Waals surface area contributed by atoms with E-state index in [2.05, 4.69) is 15.3 Å². The van der Waals surface area contributed by atoms with Gasteiger partial charge in [-0.25, -0.2) is 14.8 Å². The lowest BCUT2D eigenvalue weighted by Gasteiger charge is -2.17. The van der Waals surface area contributed by atoms with E-state index in [9.17, 15) is 14.7 Å². The average molecular weight is 448 g/mol. The van der Waals surface area contributed by atoms with Crippen LogP contribution in [0.5, 0.6) is 0 Å². The molecule has 0 unspecified atom stereocenters. The van der Waals surface area contributed by atoms with Crippen LogP contribution in [-0.4, -0.2) is 45.0 Å². The van der Waals surface area contributed by atoms with E-state index < -0.39 is 17.9 Å². The zero-order valence-electron chi connectivity index (χ0n) is 18.0. The number of rotatable bonds is 9. The molecule has 2 N–H and O–H groups in total. The molecule has 3 aromatic rings. The van der Waals surface area contributed by atoms with Crippen LogP contribution in [0.3, 0.4) is 0 Å². The highest BCUT2D eigenvalue weighted by atomic mass is 32.2. The SMILES string of the molecule is CSCC[C@H](NC(=O)c1ccc(C=Cc2cncnc2)cc1-c1ccccc1C)C(=O)O. The van der Waals surface area contributed by atoms with Crippen LogP contribution in [0.25, 0.3) is 23.3 Å². The van der Waals surface area contributed by atoms with Gasteiger partial charge in [0.25, 0.3) is 5.91 Å². The van der Waals surface area contributed by atoms with Gasteiger partial charge in [0.2, 0.25) is 0 Å². The molecule has 0 aliphatic carbocycles. The molecule has 0 saturated carbocycles. The topological polar surface area (TPSA) is 92.2 Å². The highest BCUT2D eigenvalue weighted by molar-refractivity contribution is 7.98. The summed E-state index contributed by atoms with van der Waals surface area (Å²) in [7, 11) is 0. The van der Waals surface area contributed by atoms with Gasteiger partial charge >= 0.3 is 5.97 Å². The molecule has 1 atom stereocenters. The molecule has 3 rings (SSSR count). The van der Waals surface area contributed by atoms with Crippen LogP contribution in [-0.2, 0) is 4.79 Å². The van der Waals surface area contributed by atoms with E-state index in [1.54, 1.807) is 30.2 Å². The third-order valence-corrected chi connectivity index (χ3v) is 5.63. The number of carbonyl (C=O) groups excluding carboxylic acids is 1. The largest absolute Gasteiger partial charge is 0.480 e. The molecular weight excluding hydrogens is 422 g/mol. The number of amides is 1. The molecule has 2 aromatic carbocycles. The summed E-state index contributed by atoms with van der Waals surface area (Å²) in [6.07, 6.45) is 11.0. The van der Waals surface area contributed by atoms with E-state index in [0.717, 1.165) is 27.8 Å². The van der Waals surface area contributed by atoms with Gasteiger partial charge in [0.05, 0.1) is 0 Å². The van der Waals surface area contributed by atoms with Crippen molar-refractivity contribution in [1.29, 1.82) is 0 Å². The molecule has 0 aliphatic rings. The summed E-state index contributed by atoms with van der Waals surface area (Å²) in [5.41, 5.74) is 4.91. The quantitative estimate of drug-likeness (QED) is 0.500. The summed E-state index contributed by atoms with van der Waals surface area (Å²) in [6, 6.07) is 12.4. The fourth-order valence-corrected chi connectivity index (χ4v) is 3.75. The Hall–Kier alpha value is -3.45. The van der Waals surface area contributed by atoms with Crippen molar-refractivity contribution in [1.82, 2.24) is 15.3 Å². The monoisotopic (exact) mass is 447 g/mol.